The minimum atomic E-state index is -0.506. The number of ketones is 1. The predicted molar refractivity (Wildman–Crippen MR) is 79.4 cm³/mol. The molecule has 0 fully saturated rings. The van der Waals surface area contributed by atoms with Crippen LogP contribution >= 0.6 is 11.6 Å². The lowest BCUT2D eigenvalue weighted by molar-refractivity contribution is -0.385. The number of hydrogen-bond donors (Lipinski definition) is 0. The van der Waals surface area contributed by atoms with Crippen molar-refractivity contribution in [2.75, 3.05) is 0 Å². The topological polar surface area (TPSA) is 69.4 Å². The van der Waals surface area contributed by atoms with Crippen LogP contribution < -0.4 is 4.74 Å². The minimum Gasteiger partial charge on any atom is -0.450 e. The van der Waals surface area contributed by atoms with Crippen molar-refractivity contribution in [3.63, 3.8) is 0 Å². The van der Waals surface area contributed by atoms with Crippen molar-refractivity contribution in [1.82, 2.24) is 0 Å². The lowest BCUT2D eigenvalue weighted by Crippen LogP contribution is -1.96. The first-order chi connectivity index (χ1) is 9.88. The van der Waals surface area contributed by atoms with E-state index >= 15 is 0 Å². The van der Waals surface area contributed by atoms with E-state index in [9.17, 15) is 14.9 Å². The van der Waals surface area contributed by atoms with E-state index in [0.717, 1.165) is 5.56 Å². The van der Waals surface area contributed by atoms with E-state index in [-0.39, 0.29) is 22.2 Å². The van der Waals surface area contributed by atoms with Crippen LogP contribution in [-0.4, -0.2) is 10.7 Å². The Morgan fingerprint density at radius 3 is 2.52 bits per heavy atom. The second-order valence-electron chi connectivity index (χ2n) is 4.53. The molecule has 6 heteroatoms. The molecule has 108 valence electrons. The molecule has 0 bridgehead atoms. The molecule has 5 nitrogen and oxygen atoms in total. The number of nitro benzene ring substituents is 1. The Hall–Kier alpha value is -2.40. The summed E-state index contributed by atoms with van der Waals surface area (Å²) in [4.78, 5) is 21.8. The molecule has 0 aliphatic rings. The van der Waals surface area contributed by atoms with Gasteiger partial charge in [0.15, 0.2) is 5.78 Å². The number of benzene rings is 2. The van der Waals surface area contributed by atoms with Crippen molar-refractivity contribution in [2.45, 2.75) is 13.8 Å². The maximum Gasteiger partial charge on any atom is 0.311 e. The van der Waals surface area contributed by atoms with Crippen LogP contribution in [0.15, 0.2) is 36.4 Å². The van der Waals surface area contributed by atoms with Crippen LogP contribution in [0.2, 0.25) is 5.02 Å². The van der Waals surface area contributed by atoms with Crippen molar-refractivity contribution in [1.29, 1.82) is 0 Å². The highest BCUT2D eigenvalue weighted by molar-refractivity contribution is 6.34. The molecule has 0 saturated heterocycles. The molecule has 0 aliphatic carbocycles. The number of nitro groups is 1. The van der Waals surface area contributed by atoms with Crippen molar-refractivity contribution < 1.29 is 14.5 Å². The predicted octanol–water partition coefficient (Wildman–Crippen LogP) is 4.55. The van der Waals surface area contributed by atoms with Crippen LogP contribution in [0.5, 0.6) is 11.5 Å². The van der Waals surface area contributed by atoms with Crippen LogP contribution in [-0.2, 0) is 0 Å². The summed E-state index contributed by atoms with van der Waals surface area (Å²) in [7, 11) is 0. The molecule has 2 aromatic rings. The van der Waals surface area contributed by atoms with Gasteiger partial charge in [0.05, 0.1) is 9.95 Å². The van der Waals surface area contributed by atoms with E-state index < -0.39 is 4.92 Å². The van der Waals surface area contributed by atoms with Crippen molar-refractivity contribution >= 4 is 23.1 Å². The number of Topliss-reactive ketones (excluding diaryl/α,β-unsaturated/α-hetero) is 1. The average Bonchev–Trinajstić information content (AvgIpc) is 2.40. The van der Waals surface area contributed by atoms with Crippen LogP contribution in [0.25, 0.3) is 0 Å². The standard InChI is InChI=1S/C15H12ClNO4/c1-9-3-6-15(14(7-9)17(19)20)21-11-4-5-12(10(2)18)13(16)8-11/h3-8H,1-2H3. The van der Waals surface area contributed by atoms with Crippen LogP contribution in [0.1, 0.15) is 22.8 Å². The van der Waals surface area contributed by atoms with Gasteiger partial charge in [-0.1, -0.05) is 17.7 Å². The fourth-order valence-electron chi connectivity index (χ4n) is 1.83. The third-order valence-electron chi connectivity index (χ3n) is 2.86. The van der Waals surface area contributed by atoms with Crippen LogP contribution in [0.4, 0.5) is 5.69 Å². The van der Waals surface area contributed by atoms with Gasteiger partial charge >= 0.3 is 5.69 Å². The Bertz CT molecular complexity index is 728. The summed E-state index contributed by atoms with van der Waals surface area (Å²) in [5.74, 6) is 0.294. The normalized spacial score (nSPS) is 10.2. The van der Waals surface area contributed by atoms with Gasteiger partial charge in [0.2, 0.25) is 5.75 Å². The Labute approximate surface area is 126 Å². The molecule has 2 aromatic carbocycles. The van der Waals surface area contributed by atoms with Crippen molar-refractivity contribution in [3.05, 3.63) is 62.7 Å². The second kappa shape index (κ2) is 5.93. The van der Waals surface area contributed by atoms with Crippen LogP contribution in [0, 0.1) is 17.0 Å². The molecule has 0 atom stereocenters. The van der Waals surface area contributed by atoms with Gasteiger partial charge in [-0.25, -0.2) is 0 Å². The molecule has 0 heterocycles. The van der Waals surface area contributed by atoms with Gasteiger partial charge in [0.1, 0.15) is 5.75 Å². The van der Waals surface area contributed by atoms with Gasteiger partial charge in [0, 0.05) is 17.7 Å². The molecular formula is C15H12ClNO4. The number of carbonyl (C=O) groups excluding carboxylic acids is 1. The van der Waals surface area contributed by atoms with E-state index in [4.69, 9.17) is 16.3 Å². The van der Waals surface area contributed by atoms with Gasteiger partial charge < -0.3 is 4.74 Å². The maximum absolute atomic E-state index is 11.3. The number of halogens is 1. The average molecular weight is 306 g/mol. The number of ether oxygens (including phenoxy) is 1. The zero-order chi connectivity index (χ0) is 15.6. The molecular weight excluding hydrogens is 294 g/mol. The first kappa shape index (κ1) is 15.0. The first-order valence-electron chi connectivity index (χ1n) is 6.12. The first-order valence-corrected chi connectivity index (χ1v) is 6.49. The Morgan fingerprint density at radius 2 is 1.95 bits per heavy atom. The van der Waals surface area contributed by atoms with Gasteiger partial charge in [-0.2, -0.15) is 0 Å². The number of hydrogen-bond acceptors (Lipinski definition) is 4. The number of carbonyl (C=O) groups is 1. The van der Waals surface area contributed by atoms with E-state index in [2.05, 4.69) is 0 Å². The molecule has 2 rings (SSSR count). The van der Waals surface area contributed by atoms with E-state index in [0.29, 0.717) is 11.3 Å². The highest BCUT2D eigenvalue weighted by atomic mass is 35.5. The third-order valence-corrected chi connectivity index (χ3v) is 3.17. The van der Waals surface area contributed by atoms with E-state index in [1.807, 2.05) is 0 Å². The number of aryl methyl sites for hydroxylation is 1. The summed E-state index contributed by atoms with van der Waals surface area (Å²) in [6.07, 6.45) is 0. The zero-order valence-corrected chi connectivity index (χ0v) is 12.2. The molecule has 0 N–H and O–H groups in total. The van der Waals surface area contributed by atoms with Gasteiger partial charge in [0.25, 0.3) is 0 Å². The SMILES string of the molecule is CC(=O)c1ccc(Oc2ccc(C)cc2[N+](=O)[O-])cc1Cl. The second-order valence-corrected chi connectivity index (χ2v) is 4.94. The lowest BCUT2D eigenvalue weighted by atomic mass is 10.1. The van der Waals surface area contributed by atoms with Gasteiger partial charge in [-0.05, 0) is 37.6 Å². The third kappa shape index (κ3) is 3.38. The number of nitrogens with zero attached hydrogens (tertiary/aromatic N) is 1. The quantitative estimate of drug-likeness (QED) is 0.472. The summed E-state index contributed by atoms with van der Waals surface area (Å²) < 4.78 is 5.50. The van der Waals surface area contributed by atoms with Gasteiger partial charge in [-0.3, -0.25) is 14.9 Å². The summed E-state index contributed by atoms with van der Waals surface area (Å²) in [6, 6.07) is 9.21. The zero-order valence-electron chi connectivity index (χ0n) is 11.4. The molecule has 21 heavy (non-hydrogen) atoms. The van der Waals surface area contributed by atoms with Crippen molar-refractivity contribution in [2.24, 2.45) is 0 Å². The Kier molecular flexibility index (Phi) is 4.23. The fraction of sp³-hybridized carbons (Fsp3) is 0.133. The largest absolute Gasteiger partial charge is 0.450 e. The summed E-state index contributed by atoms with van der Waals surface area (Å²) >= 11 is 5.98. The summed E-state index contributed by atoms with van der Waals surface area (Å²) in [6.45, 7) is 3.17. The van der Waals surface area contributed by atoms with E-state index in [1.165, 1.54) is 31.2 Å². The molecule has 0 radical (unpaired) electrons. The summed E-state index contributed by atoms with van der Waals surface area (Å²) in [5, 5.41) is 11.3. The van der Waals surface area contributed by atoms with E-state index in [1.54, 1.807) is 19.1 Å². The monoisotopic (exact) mass is 305 g/mol. The highest BCUT2D eigenvalue weighted by Crippen LogP contribution is 2.33. The Morgan fingerprint density at radius 1 is 1.24 bits per heavy atom. The molecule has 0 aliphatic heterocycles. The van der Waals surface area contributed by atoms with Crippen LogP contribution in [0.3, 0.4) is 0 Å². The molecule has 0 amide bonds. The minimum absolute atomic E-state index is 0.122. The number of rotatable bonds is 4. The fourth-order valence-corrected chi connectivity index (χ4v) is 2.13. The van der Waals surface area contributed by atoms with Crippen molar-refractivity contribution in [3.8, 4) is 11.5 Å². The highest BCUT2D eigenvalue weighted by Gasteiger charge is 2.16. The summed E-state index contributed by atoms with van der Waals surface area (Å²) in [5.41, 5.74) is 1.02. The Balaban J connectivity index is 2.37. The lowest BCUT2D eigenvalue weighted by Gasteiger charge is -2.08. The molecule has 0 aromatic heterocycles. The van der Waals surface area contributed by atoms with Gasteiger partial charge in [-0.15, -0.1) is 0 Å². The molecule has 0 unspecified atom stereocenters. The maximum atomic E-state index is 11.3. The smallest absolute Gasteiger partial charge is 0.311 e. The molecule has 0 saturated carbocycles. The molecule has 0 spiro atoms.